The number of urea groups is 1. The van der Waals surface area contributed by atoms with Crippen LogP contribution >= 0.6 is 11.3 Å². The van der Waals surface area contributed by atoms with Crippen molar-refractivity contribution in [2.45, 2.75) is 31.2 Å². The number of benzene rings is 1. The maximum Gasteiger partial charge on any atom is 0.317 e. The number of thiazole rings is 1. The Morgan fingerprint density at radius 2 is 2.39 bits per heavy atom. The first kappa shape index (κ1) is 15.9. The summed E-state index contributed by atoms with van der Waals surface area (Å²) in [6.07, 6.45) is 2.65. The summed E-state index contributed by atoms with van der Waals surface area (Å²) >= 11 is 1.60. The maximum atomic E-state index is 13.3. The number of carbonyl (C=O) groups is 1. The Hall–Kier alpha value is -1.95. The Morgan fingerprint density at radius 3 is 3.09 bits per heavy atom. The molecule has 1 fully saturated rings. The number of rotatable bonds is 5. The van der Waals surface area contributed by atoms with E-state index in [9.17, 15) is 9.18 Å². The van der Waals surface area contributed by atoms with Crippen LogP contribution in [-0.4, -0.2) is 35.5 Å². The van der Waals surface area contributed by atoms with Crippen LogP contribution in [0.5, 0.6) is 0 Å². The predicted molar refractivity (Wildman–Crippen MR) is 89.2 cm³/mol. The largest absolute Gasteiger partial charge is 0.335 e. The summed E-state index contributed by atoms with van der Waals surface area (Å²) in [7, 11) is 1.79. The first-order valence-electron chi connectivity index (χ1n) is 7.71. The van der Waals surface area contributed by atoms with Gasteiger partial charge in [-0.15, -0.1) is 11.3 Å². The fourth-order valence-electron chi connectivity index (χ4n) is 2.78. The van der Waals surface area contributed by atoms with Crippen LogP contribution in [0.3, 0.4) is 0 Å². The first-order valence-corrected chi connectivity index (χ1v) is 8.59. The van der Waals surface area contributed by atoms with E-state index in [0.717, 1.165) is 17.0 Å². The molecule has 6 heteroatoms. The van der Waals surface area contributed by atoms with Gasteiger partial charge in [0.25, 0.3) is 0 Å². The average Bonchev–Trinajstić information content (AvgIpc) is 3.07. The number of carbonyl (C=O) groups excluding carboxylic acids is 1. The fraction of sp³-hybridized carbons (Fsp3) is 0.412. The van der Waals surface area contributed by atoms with Crippen molar-refractivity contribution in [2.24, 2.45) is 0 Å². The number of nitrogens with zero attached hydrogens (tertiary/aromatic N) is 2. The molecule has 1 aliphatic carbocycles. The smallest absolute Gasteiger partial charge is 0.317 e. The van der Waals surface area contributed by atoms with Crippen LogP contribution in [0.15, 0.2) is 35.8 Å². The minimum absolute atomic E-state index is 0.0858. The maximum absolute atomic E-state index is 13.3. The molecule has 1 N–H and O–H groups in total. The van der Waals surface area contributed by atoms with Crippen molar-refractivity contribution >= 4 is 17.4 Å². The molecular formula is C17H20FN3OS. The van der Waals surface area contributed by atoms with Crippen LogP contribution in [-0.2, 0) is 0 Å². The van der Waals surface area contributed by atoms with E-state index in [0.29, 0.717) is 6.54 Å². The van der Waals surface area contributed by atoms with Gasteiger partial charge >= 0.3 is 6.03 Å². The van der Waals surface area contributed by atoms with Gasteiger partial charge in [-0.05, 0) is 24.1 Å². The van der Waals surface area contributed by atoms with E-state index in [1.165, 1.54) is 6.07 Å². The van der Waals surface area contributed by atoms with Crippen molar-refractivity contribution in [3.63, 3.8) is 0 Å². The summed E-state index contributed by atoms with van der Waals surface area (Å²) in [5.74, 6) is 0.206. The number of likely N-dealkylation sites (N-methyl/N-ethyl adjacent to an activating group) is 1. The van der Waals surface area contributed by atoms with Gasteiger partial charge < -0.3 is 10.2 Å². The third kappa shape index (κ3) is 3.88. The van der Waals surface area contributed by atoms with E-state index in [2.05, 4.69) is 17.2 Å². The highest BCUT2D eigenvalue weighted by atomic mass is 32.1. The topological polar surface area (TPSA) is 45.2 Å². The zero-order valence-corrected chi connectivity index (χ0v) is 14.0. The molecule has 3 rings (SSSR count). The second kappa shape index (κ2) is 6.66. The minimum Gasteiger partial charge on any atom is -0.335 e. The van der Waals surface area contributed by atoms with Crippen molar-refractivity contribution in [2.75, 3.05) is 13.6 Å². The molecule has 1 aliphatic rings. The van der Waals surface area contributed by atoms with Gasteiger partial charge in [0.2, 0.25) is 0 Å². The van der Waals surface area contributed by atoms with Crippen molar-refractivity contribution in [3.8, 4) is 0 Å². The second-order valence-corrected chi connectivity index (χ2v) is 7.03. The molecule has 2 amide bonds. The Kier molecular flexibility index (Phi) is 4.61. The van der Waals surface area contributed by atoms with Crippen LogP contribution in [0.25, 0.3) is 0 Å². The number of halogens is 1. The lowest BCUT2D eigenvalue weighted by molar-refractivity contribution is 0.206. The highest BCUT2D eigenvalue weighted by molar-refractivity contribution is 7.09. The van der Waals surface area contributed by atoms with E-state index in [1.54, 1.807) is 41.6 Å². The zero-order valence-electron chi connectivity index (χ0n) is 13.2. The SMILES string of the molecule is C[C@H](CN(C)C(=O)N[C@H]1C[C@@H]1c1cccc(F)c1)c1nccs1. The minimum atomic E-state index is -0.228. The summed E-state index contributed by atoms with van der Waals surface area (Å²) < 4.78 is 13.3. The fourth-order valence-corrected chi connectivity index (χ4v) is 3.47. The molecule has 3 atom stereocenters. The van der Waals surface area contributed by atoms with Crippen LogP contribution in [0.1, 0.15) is 35.8 Å². The molecule has 0 bridgehead atoms. The summed E-state index contributed by atoms with van der Waals surface area (Å²) in [5, 5.41) is 6.00. The molecule has 0 saturated heterocycles. The summed E-state index contributed by atoms with van der Waals surface area (Å²) in [6, 6.07) is 6.62. The summed E-state index contributed by atoms with van der Waals surface area (Å²) in [6.45, 7) is 2.69. The molecule has 1 saturated carbocycles. The van der Waals surface area contributed by atoms with Crippen molar-refractivity contribution in [1.82, 2.24) is 15.2 Å². The normalized spacial score (nSPS) is 20.8. The standard InChI is InChI=1S/C17H20FN3OS/c1-11(16-19-6-7-23-16)10-21(2)17(22)20-15-9-14(15)12-4-3-5-13(18)8-12/h3-8,11,14-15H,9-10H2,1-2H3,(H,20,22)/t11-,14-,15+/m1/s1. The van der Waals surface area contributed by atoms with Crippen LogP contribution < -0.4 is 5.32 Å². The highest BCUT2D eigenvalue weighted by Gasteiger charge is 2.40. The number of aromatic nitrogens is 1. The molecule has 4 nitrogen and oxygen atoms in total. The average molecular weight is 333 g/mol. The predicted octanol–water partition coefficient (Wildman–Crippen LogP) is 3.58. The summed E-state index contributed by atoms with van der Waals surface area (Å²) in [5.41, 5.74) is 0.953. The van der Waals surface area contributed by atoms with Crippen molar-refractivity contribution in [3.05, 3.63) is 52.2 Å². The van der Waals surface area contributed by atoms with Gasteiger partial charge in [0.1, 0.15) is 5.82 Å². The number of hydrogen-bond donors (Lipinski definition) is 1. The number of amides is 2. The lowest BCUT2D eigenvalue weighted by Crippen LogP contribution is -2.40. The van der Waals surface area contributed by atoms with E-state index < -0.39 is 0 Å². The van der Waals surface area contributed by atoms with E-state index in [1.807, 2.05) is 11.4 Å². The molecule has 0 spiro atoms. The molecule has 1 aromatic carbocycles. The lowest BCUT2D eigenvalue weighted by atomic mass is 10.1. The van der Waals surface area contributed by atoms with Gasteiger partial charge in [-0.3, -0.25) is 0 Å². The van der Waals surface area contributed by atoms with Crippen LogP contribution in [0.2, 0.25) is 0 Å². The molecule has 0 unspecified atom stereocenters. The molecule has 1 aromatic heterocycles. The van der Waals surface area contributed by atoms with Gasteiger partial charge in [-0.2, -0.15) is 0 Å². The van der Waals surface area contributed by atoms with Gasteiger partial charge in [-0.1, -0.05) is 19.1 Å². The van der Waals surface area contributed by atoms with E-state index in [4.69, 9.17) is 0 Å². The van der Waals surface area contributed by atoms with E-state index >= 15 is 0 Å². The second-order valence-electron chi connectivity index (χ2n) is 6.11. The molecular weight excluding hydrogens is 313 g/mol. The molecule has 1 heterocycles. The Labute approximate surface area is 139 Å². The van der Waals surface area contributed by atoms with Crippen LogP contribution in [0.4, 0.5) is 9.18 Å². The van der Waals surface area contributed by atoms with E-state index in [-0.39, 0.29) is 29.7 Å². The van der Waals surface area contributed by atoms with Crippen molar-refractivity contribution < 1.29 is 9.18 Å². The Bertz CT molecular complexity index is 676. The van der Waals surface area contributed by atoms with Gasteiger partial charge in [0, 0.05) is 43.0 Å². The molecule has 122 valence electrons. The summed E-state index contributed by atoms with van der Waals surface area (Å²) in [4.78, 5) is 18.2. The highest BCUT2D eigenvalue weighted by Crippen LogP contribution is 2.41. The molecule has 23 heavy (non-hydrogen) atoms. The lowest BCUT2D eigenvalue weighted by Gasteiger charge is -2.21. The van der Waals surface area contributed by atoms with Gasteiger partial charge in [-0.25, -0.2) is 14.2 Å². The zero-order chi connectivity index (χ0) is 16.4. The Morgan fingerprint density at radius 1 is 1.57 bits per heavy atom. The Balaban J connectivity index is 1.50. The monoisotopic (exact) mass is 333 g/mol. The first-order chi connectivity index (χ1) is 11.0. The molecule has 2 aromatic rings. The van der Waals surface area contributed by atoms with Crippen LogP contribution in [0, 0.1) is 5.82 Å². The molecule has 0 aliphatic heterocycles. The van der Waals surface area contributed by atoms with Gasteiger partial charge in [0.05, 0.1) is 5.01 Å². The van der Waals surface area contributed by atoms with Crippen molar-refractivity contribution in [1.29, 1.82) is 0 Å². The third-order valence-corrected chi connectivity index (χ3v) is 5.15. The number of hydrogen-bond acceptors (Lipinski definition) is 3. The number of nitrogens with one attached hydrogen (secondary N) is 1. The molecule has 0 radical (unpaired) electrons. The third-order valence-electron chi connectivity index (χ3n) is 4.14. The quantitative estimate of drug-likeness (QED) is 0.909. The van der Waals surface area contributed by atoms with Gasteiger partial charge in [0.15, 0.2) is 0 Å².